The molecule has 0 N–H and O–H groups in total. The minimum absolute atomic E-state index is 0.0284. The number of carbonyl (C=O) groups is 1. The van der Waals surface area contributed by atoms with Crippen LogP contribution in [0.3, 0.4) is 0 Å². The van der Waals surface area contributed by atoms with Gasteiger partial charge in [-0.1, -0.05) is 17.7 Å². The largest absolute Gasteiger partial charge is 0.339 e. The number of hydrogen-bond acceptors (Lipinski definition) is 1. The van der Waals surface area contributed by atoms with Crippen molar-refractivity contribution in [3.63, 3.8) is 0 Å². The molecule has 1 fully saturated rings. The van der Waals surface area contributed by atoms with Gasteiger partial charge in [-0.2, -0.15) is 0 Å². The van der Waals surface area contributed by atoms with Crippen LogP contribution in [0, 0.1) is 0 Å². The molecule has 2 nitrogen and oxygen atoms in total. The van der Waals surface area contributed by atoms with Crippen LogP contribution in [-0.2, 0) is 11.2 Å². The average molecular weight is 321 g/mol. The lowest BCUT2D eigenvalue weighted by Gasteiger charge is -2.15. The van der Waals surface area contributed by atoms with Gasteiger partial charge in [0.2, 0.25) is 5.91 Å². The smallest absolute Gasteiger partial charge is 0.227 e. The van der Waals surface area contributed by atoms with E-state index in [0.29, 0.717) is 24.4 Å². The van der Waals surface area contributed by atoms with E-state index in [2.05, 4.69) is 15.9 Å². The van der Waals surface area contributed by atoms with Gasteiger partial charge in [0, 0.05) is 11.0 Å². The summed E-state index contributed by atoms with van der Waals surface area (Å²) in [6.45, 7) is 0.752. The van der Waals surface area contributed by atoms with Crippen molar-refractivity contribution in [1.82, 2.24) is 4.90 Å². The molecule has 5 heteroatoms. The van der Waals surface area contributed by atoms with E-state index in [4.69, 9.17) is 11.6 Å². The quantitative estimate of drug-likeness (QED) is 0.819. The van der Waals surface area contributed by atoms with Crippen molar-refractivity contribution in [3.05, 3.63) is 33.3 Å². The number of nitrogens with zero attached hydrogens (tertiary/aromatic N) is 1. The van der Waals surface area contributed by atoms with Crippen molar-refractivity contribution >= 4 is 33.4 Å². The summed E-state index contributed by atoms with van der Waals surface area (Å²) >= 11 is 9.18. The van der Waals surface area contributed by atoms with E-state index in [0.717, 1.165) is 10.0 Å². The number of hydrogen-bond donors (Lipinski definition) is 0. The van der Waals surface area contributed by atoms with Gasteiger partial charge in [-0.3, -0.25) is 4.79 Å². The number of halogens is 3. The lowest BCUT2D eigenvalue weighted by molar-refractivity contribution is -0.129. The zero-order chi connectivity index (χ0) is 12.4. The first-order valence-corrected chi connectivity index (χ1v) is 6.59. The molecule has 1 atom stereocenters. The summed E-state index contributed by atoms with van der Waals surface area (Å²) in [5, 5.41) is 0.617. The first kappa shape index (κ1) is 12.8. The third-order valence-electron chi connectivity index (χ3n) is 2.82. The summed E-state index contributed by atoms with van der Waals surface area (Å²) in [5.41, 5.74) is 0.883. The number of carbonyl (C=O) groups excluding carboxylic acids is 1. The summed E-state index contributed by atoms with van der Waals surface area (Å²) in [5.74, 6) is -0.0284. The molecule has 1 aromatic rings. The molecule has 0 aliphatic carbocycles. The second-order valence-corrected chi connectivity index (χ2v) is 5.41. The Labute approximate surface area is 113 Å². The highest BCUT2D eigenvalue weighted by Gasteiger charge is 2.25. The first-order chi connectivity index (χ1) is 8.06. The Balaban J connectivity index is 2.00. The maximum atomic E-state index is 13.0. The van der Waals surface area contributed by atoms with E-state index in [1.165, 1.54) is 0 Å². The molecular weight excluding hydrogens is 308 g/mol. The highest BCUT2D eigenvalue weighted by molar-refractivity contribution is 9.10. The first-order valence-electron chi connectivity index (χ1n) is 5.42. The normalized spacial score (nSPS) is 19.7. The van der Waals surface area contributed by atoms with Gasteiger partial charge >= 0.3 is 0 Å². The minimum atomic E-state index is -0.865. The van der Waals surface area contributed by atoms with Crippen LogP contribution in [0.1, 0.15) is 12.0 Å². The van der Waals surface area contributed by atoms with Gasteiger partial charge in [-0.05, 0) is 40.0 Å². The molecule has 1 heterocycles. The van der Waals surface area contributed by atoms with Crippen LogP contribution >= 0.6 is 27.5 Å². The van der Waals surface area contributed by atoms with Crippen molar-refractivity contribution in [3.8, 4) is 0 Å². The second-order valence-electron chi connectivity index (χ2n) is 4.15. The van der Waals surface area contributed by atoms with E-state index in [-0.39, 0.29) is 12.5 Å². The highest BCUT2D eigenvalue weighted by atomic mass is 79.9. The van der Waals surface area contributed by atoms with Crippen molar-refractivity contribution in [2.45, 2.75) is 19.0 Å². The van der Waals surface area contributed by atoms with E-state index in [9.17, 15) is 9.18 Å². The van der Waals surface area contributed by atoms with Crippen LogP contribution in [0.5, 0.6) is 0 Å². The molecule has 0 aromatic heterocycles. The molecule has 17 heavy (non-hydrogen) atoms. The van der Waals surface area contributed by atoms with E-state index >= 15 is 0 Å². The topological polar surface area (TPSA) is 20.3 Å². The monoisotopic (exact) mass is 319 g/mol. The summed E-state index contributed by atoms with van der Waals surface area (Å²) in [6.07, 6.45) is -0.116. The molecule has 0 spiro atoms. The maximum Gasteiger partial charge on any atom is 0.227 e. The highest BCUT2D eigenvalue weighted by Crippen LogP contribution is 2.24. The summed E-state index contributed by atoms with van der Waals surface area (Å²) < 4.78 is 13.7. The molecule has 1 aliphatic heterocycles. The van der Waals surface area contributed by atoms with Crippen LogP contribution in [0.2, 0.25) is 5.02 Å². The fraction of sp³-hybridized carbons (Fsp3) is 0.417. The maximum absolute atomic E-state index is 13.0. The van der Waals surface area contributed by atoms with Gasteiger partial charge in [-0.15, -0.1) is 0 Å². The van der Waals surface area contributed by atoms with Gasteiger partial charge in [0.25, 0.3) is 0 Å². The Morgan fingerprint density at radius 2 is 2.35 bits per heavy atom. The molecule has 0 unspecified atom stereocenters. The van der Waals surface area contributed by atoms with Crippen molar-refractivity contribution in [1.29, 1.82) is 0 Å². The standard InChI is InChI=1S/C12H12BrClFNO/c13-10-5-8(1-2-11(10)14)6-12(17)16-4-3-9(15)7-16/h1-2,5,9H,3-4,6-7H2/t9-/m0/s1. The lowest BCUT2D eigenvalue weighted by Crippen LogP contribution is -2.30. The van der Waals surface area contributed by atoms with Gasteiger partial charge in [0.05, 0.1) is 18.0 Å². The van der Waals surface area contributed by atoms with Crippen LogP contribution in [-0.4, -0.2) is 30.1 Å². The average Bonchev–Trinajstić information content (AvgIpc) is 2.70. The molecule has 1 aliphatic rings. The minimum Gasteiger partial charge on any atom is -0.339 e. The third-order valence-corrected chi connectivity index (χ3v) is 4.04. The molecule has 2 rings (SSSR count). The fourth-order valence-corrected chi connectivity index (χ4v) is 2.42. The fourth-order valence-electron chi connectivity index (χ4n) is 1.88. The molecule has 1 aromatic carbocycles. The van der Waals surface area contributed by atoms with Crippen LogP contribution in [0.15, 0.2) is 22.7 Å². The van der Waals surface area contributed by atoms with Crippen molar-refractivity contribution in [2.24, 2.45) is 0 Å². The Morgan fingerprint density at radius 3 is 2.94 bits per heavy atom. The van der Waals surface area contributed by atoms with Crippen LogP contribution in [0.25, 0.3) is 0 Å². The number of benzene rings is 1. The Morgan fingerprint density at radius 1 is 1.59 bits per heavy atom. The second kappa shape index (κ2) is 5.36. The predicted octanol–water partition coefficient (Wildman–Crippen LogP) is 3.22. The molecule has 0 bridgehead atoms. The van der Waals surface area contributed by atoms with E-state index < -0.39 is 6.17 Å². The zero-order valence-electron chi connectivity index (χ0n) is 9.13. The van der Waals surface area contributed by atoms with Gasteiger partial charge in [0.15, 0.2) is 0 Å². The molecule has 92 valence electrons. The summed E-state index contributed by atoms with van der Waals surface area (Å²) in [7, 11) is 0. The summed E-state index contributed by atoms with van der Waals surface area (Å²) in [6, 6.07) is 5.38. The SMILES string of the molecule is O=C(Cc1ccc(Cl)c(Br)c1)N1CC[C@H](F)C1. The lowest BCUT2D eigenvalue weighted by atomic mass is 10.1. The molecule has 0 radical (unpaired) electrons. The Hall–Kier alpha value is -0.610. The van der Waals surface area contributed by atoms with E-state index in [1.54, 1.807) is 11.0 Å². The number of alkyl halides is 1. The molecule has 1 saturated heterocycles. The van der Waals surface area contributed by atoms with Crippen LogP contribution < -0.4 is 0 Å². The Kier molecular flexibility index (Phi) is 4.05. The Bertz CT molecular complexity index is 441. The summed E-state index contributed by atoms with van der Waals surface area (Å²) in [4.78, 5) is 13.4. The third kappa shape index (κ3) is 3.19. The molecular formula is C12H12BrClFNO. The number of amides is 1. The van der Waals surface area contributed by atoms with Gasteiger partial charge < -0.3 is 4.90 Å². The van der Waals surface area contributed by atoms with Gasteiger partial charge in [-0.25, -0.2) is 4.39 Å². The van der Waals surface area contributed by atoms with Gasteiger partial charge in [0.1, 0.15) is 6.17 Å². The molecule has 1 amide bonds. The zero-order valence-corrected chi connectivity index (χ0v) is 11.5. The number of rotatable bonds is 2. The van der Waals surface area contributed by atoms with Crippen molar-refractivity contribution < 1.29 is 9.18 Å². The number of likely N-dealkylation sites (tertiary alicyclic amines) is 1. The molecule has 0 saturated carbocycles. The van der Waals surface area contributed by atoms with E-state index in [1.807, 2.05) is 12.1 Å². The van der Waals surface area contributed by atoms with Crippen LogP contribution in [0.4, 0.5) is 4.39 Å². The predicted molar refractivity (Wildman–Crippen MR) is 68.9 cm³/mol. The van der Waals surface area contributed by atoms with Crippen molar-refractivity contribution in [2.75, 3.05) is 13.1 Å².